The standard InChI is InChI=1S/C10H10N2/c1-8-4-5-9(3-2-6-11)7-10(8)12/h2-5,7H,12H2,1H3. The van der Waals surface area contributed by atoms with Crippen molar-refractivity contribution in [1.82, 2.24) is 0 Å². The lowest BCUT2D eigenvalue weighted by Gasteiger charge is -1.99. The Hall–Kier alpha value is -1.75. The number of benzene rings is 1. The van der Waals surface area contributed by atoms with Crippen LogP contribution < -0.4 is 5.73 Å². The fraction of sp³-hybridized carbons (Fsp3) is 0.100. The highest BCUT2D eigenvalue weighted by Gasteiger charge is 1.92. The van der Waals surface area contributed by atoms with E-state index in [4.69, 9.17) is 11.0 Å². The molecule has 0 radical (unpaired) electrons. The molecule has 60 valence electrons. The number of nitriles is 1. The zero-order valence-corrected chi connectivity index (χ0v) is 6.91. The molecule has 0 bridgehead atoms. The molecular weight excluding hydrogens is 148 g/mol. The number of nitrogen functional groups attached to an aromatic ring is 1. The maximum absolute atomic E-state index is 8.28. The molecule has 0 spiro atoms. The maximum Gasteiger partial charge on any atom is 0.0912 e. The molecule has 0 amide bonds. The van der Waals surface area contributed by atoms with Crippen LogP contribution in [0.15, 0.2) is 24.3 Å². The molecule has 1 aromatic rings. The smallest absolute Gasteiger partial charge is 0.0912 e. The second-order valence-electron chi connectivity index (χ2n) is 2.58. The molecule has 2 N–H and O–H groups in total. The second kappa shape index (κ2) is 3.59. The Morgan fingerprint density at radius 1 is 1.50 bits per heavy atom. The fourth-order valence-corrected chi connectivity index (χ4v) is 0.896. The molecule has 1 rings (SSSR count). The summed E-state index contributed by atoms with van der Waals surface area (Å²) >= 11 is 0. The second-order valence-corrected chi connectivity index (χ2v) is 2.58. The van der Waals surface area contributed by atoms with Gasteiger partial charge in [-0.3, -0.25) is 0 Å². The van der Waals surface area contributed by atoms with E-state index in [9.17, 15) is 0 Å². The van der Waals surface area contributed by atoms with E-state index in [2.05, 4.69) is 0 Å². The SMILES string of the molecule is Cc1ccc(C=CC#N)cc1N. The van der Waals surface area contributed by atoms with Crippen molar-refractivity contribution in [3.8, 4) is 6.07 Å². The number of hydrogen-bond acceptors (Lipinski definition) is 2. The molecule has 2 nitrogen and oxygen atoms in total. The average Bonchev–Trinajstić information content (AvgIpc) is 2.07. The number of nitrogens with two attached hydrogens (primary N) is 1. The summed E-state index contributed by atoms with van der Waals surface area (Å²) in [6.45, 7) is 1.95. The average molecular weight is 158 g/mol. The van der Waals surface area contributed by atoms with E-state index in [0.717, 1.165) is 16.8 Å². The van der Waals surface area contributed by atoms with Gasteiger partial charge in [-0.25, -0.2) is 0 Å². The molecule has 0 aromatic heterocycles. The summed E-state index contributed by atoms with van der Waals surface area (Å²) in [5.74, 6) is 0. The van der Waals surface area contributed by atoms with Crippen molar-refractivity contribution in [2.24, 2.45) is 0 Å². The van der Waals surface area contributed by atoms with Crippen molar-refractivity contribution in [2.45, 2.75) is 6.92 Å². The van der Waals surface area contributed by atoms with Gasteiger partial charge in [0, 0.05) is 11.8 Å². The van der Waals surface area contributed by atoms with Crippen LogP contribution in [0.4, 0.5) is 5.69 Å². The number of aryl methyl sites for hydroxylation is 1. The Morgan fingerprint density at radius 3 is 2.83 bits per heavy atom. The van der Waals surface area contributed by atoms with Crippen LogP contribution in [0.2, 0.25) is 0 Å². The molecule has 0 aliphatic rings. The van der Waals surface area contributed by atoms with Gasteiger partial charge in [-0.2, -0.15) is 5.26 Å². The summed E-state index contributed by atoms with van der Waals surface area (Å²) in [7, 11) is 0. The first-order valence-electron chi connectivity index (χ1n) is 3.66. The highest BCUT2D eigenvalue weighted by molar-refractivity contribution is 5.59. The first-order chi connectivity index (χ1) is 5.74. The van der Waals surface area contributed by atoms with Crippen molar-refractivity contribution in [1.29, 1.82) is 5.26 Å². The molecule has 0 atom stereocenters. The van der Waals surface area contributed by atoms with Gasteiger partial charge in [-0.15, -0.1) is 0 Å². The van der Waals surface area contributed by atoms with Gasteiger partial charge in [-0.1, -0.05) is 12.1 Å². The Labute approximate surface area is 71.9 Å². The van der Waals surface area contributed by atoms with E-state index in [1.165, 1.54) is 6.08 Å². The molecule has 0 fully saturated rings. The molecule has 0 saturated heterocycles. The highest BCUT2D eigenvalue weighted by atomic mass is 14.5. The third-order valence-electron chi connectivity index (χ3n) is 1.65. The van der Waals surface area contributed by atoms with Crippen LogP contribution in [0.25, 0.3) is 6.08 Å². The Bertz CT molecular complexity index is 345. The zero-order chi connectivity index (χ0) is 8.97. The summed E-state index contributed by atoms with van der Waals surface area (Å²) in [5, 5.41) is 8.28. The summed E-state index contributed by atoms with van der Waals surface area (Å²) in [4.78, 5) is 0. The predicted molar refractivity (Wildman–Crippen MR) is 50.2 cm³/mol. The first-order valence-corrected chi connectivity index (χ1v) is 3.66. The van der Waals surface area contributed by atoms with Crippen LogP contribution in [0, 0.1) is 18.3 Å². The number of hydrogen-bond donors (Lipinski definition) is 1. The monoisotopic (exact) mass is 158 g/mol. The van der Waals surface area contributed by atoms with E-state index in [1.54, 1.807) is 6.08 Å². The van der Waals surface area contributed by atoms with Crippen molar-refractivity contribution in [3.63, 3.8) is 0 Å². The minimum Gasteiger partial charge on any atom is -0.398 e. The van der Waals surface area contributed by atoms with E-state index >= 15 is 0 Å². The predicted octanol–water partition coefficient (Wildman–Crippen LogP) is 2.11. The van der Waals surface area contributed by atoms with Crippen molar-refractivity contribution < 1.29 is 0 Å². The molecule has 0 aliphatic carbocycles. The van der Waals surface area contributed by atoms with E-state index in [0.29, 0.717) is 0 Å². The summed E-state index contributed by atoms with van der Waals surface area (Å²) in [5.41, 5.74) is 8.45. The van der Waals surface area contributed by atoms with Gasteiger partial charge < -0.3 is 5.73 Å². The van der Waals surface area contributed by atoms with Crippen LogP contribution in [0.1, 0.15) is 11.1 Å². The normalized spacial score (nSPS) is 10.0. The Morgan fingerprint density at radius 2 is 2.25 bits per heavy atom. The molecule has 12 heavy (non-hydrogen) atoms. The number of rotatable bonds is 1. The van der Waals surface area contributed by atoms with Crippen LogP contribution in [0.3, 0.4) is 0 Å². The Balaban J connectivity index is 2.99. The van der Waals surface area contributed by atoms with Crippen LogP contribution in [-0.2, 0) is 0 Å². The molecular formula is C10H10N2. The minimum atomic E-state index is 0.759. The zero-order valence-electron chi connectivity index (χ0n) is 6.91. The van der Waals surface area contributed by atoms with Crippen molar-refractivity contribution in [3.05, 3.63) is 35.4 Å². The molecule has 0 saturated carbocycles. The first kappa shape index (κ1) is 8.35. The van der Waals surface area contributed by atoms with Gasteiger partial charge in [0.05, 0.1) is 6.07 Å². The summed E-state index contributed by atoms with van der Waals surface area (Å²) in [6.07, 6.45) is 3.17. The minimum absolute atomic E-state index is 0.759. The largest absolute Gasteiger partial charge is 0.398 e. The number of anilines is 1. The van der Waals surface area contributed by atoms with Crippen LogP contribution in [-0.4, -0.2) is 0 Å². The number of nitrogens with zero attached hydrogens (tertiary/aromatic N) is 1. The van der Waals surface area contributed by atoms with Gasteiger partial charge in [0.1, 0.15) is 0 Å². The third kappa shape index (κ3) is 1.86. The molecule has 0 heterocycles. The van der Waals surface area contributed by atoms with Gasteiger partial charge in [0.2, 0.25) is 0 Å². The summed E-state index contributed by atoms with van der Waals surface area (Å²) in [6, 6.07) is 7.65. The van der Waals surface area contributed by atoms with Crippen molar-refractivity contribution in [2.75, 3.05) is 5.73 Å². The lowest BCUT2D eigenvalue weighted by Crippen LogP contribution is -1.88. The Kier molecular flexibility index (Phi) is 2.49. The molecule has 2 heteroatoms. The van der Waals surface area contributed by atoms with Gasteiger partial charge in [0.15, 0.2) is 0 Å². The molecule has 0 aliphatic heterocycles. The van der Waals surface area contributed by atoms with Gasteiger partial charge >= 0.3 is 0 Å². The van der Waals surface area contributed by atoms with Crippen LogP contribution >= 0.6 is 0 Å². The number of allylic oxidation sites excluding steroid dienone is 1. The lowest BCUT2D eigenvalue weighted by molar-refractivity contribution is 1.46. The van der Waals surface area contributed by atoms with Crippen LogP contribution in [0.5, 0.6) is 0 Å². The fourth-order valence-electron chi connectivity index (χ4n) is 0.896. The highest BCUT2D eigenvalue weighted by Crippen LogP contribution is 2.13. The topological polar surface area (TPSA) is 49.8 Å². The molecule has 1 aromatic carbocycles. The third-order valence-corrected chi connectivity index (χ3v) is 1.65. The van der Waals surface area contributed by atoms with Crippen molar-refractivity contribution >= 4 is 11.8 Å². The van der Waals surface area contributed by atoms with E-state index in [1.807, 2.05) is 31.2 Å². The lowest BCUT2D eigenvalue weighted by atomic mass is 10.1. The quantitative estimate of drug-likeness (QED) is 0.502. The van der Waals surface area contributed by atoms with E-state index in [-0.39, 0.29) is 0 Å². The van der Waals surface area contributed by atoms with Gasteiger partial charge in [0.25, 0.3) is 0 Å². The van der Waals surface area contributed by atoms with E-state index < -0.39 is 0 Å². The summed E-state index contributed by atoms with van der Waals surface area (Å²) < 4.78 is 0. The van der Waals surface area contributed by atoms with Gasteiger partial charge in [-0.05, 0) is 30.2 Å². The maximum atomic E-state index is 8.28. The molecule has 0 unspecified atom stereocenters.